The van der Waals surface area contributed by atoms with Gasteiger partial charge in [0.1, 0.15) is 0 Å². The van der Waals surface area contributed by atoms with Gasteiger partial charge in [-0.3, -0.25) is 4.79 Å². The van der Waals surface area contributed by atoms with Gasteiger partial charge in [0.2, 0.25) is 5.91 Å². The van der Waals surface area contributed by atoms with Crippen LogP contribution >= 0.6 is 0 Å². The normalized spacial score (nSPS) is 16.8. The molecule has 0 bridgehead atoms. The van der Waals surface area contributed by atoms with Gasteiger partial charge in [0, 0.05) is 12.5 Å². The van der Waals surface area contributed by atoms with Gasteiger partial charge in [-0.15, -0.1) is 0 Å². The number of carbonyl (C=O) groups is 1. The lowest BCUT2D eigenvalue weighted by molar-refractivity contribution is -0.124. The van der Waals surface area contributed by atoms with Gasteiger partial charge in [-0.2, -0.15) is 0 Å². The van der Waals surface area contributed by atoms with Crippen molar-refractivity contribution < 1.29 is 9.90 Å². The van der Waals surface area contributed by atoms with Crippen LogP contribution in [0.3, 0.4) is 0 Å². The third kappa shape index (κ3) is 6.11. The van der Waals surface area contributed by atoms with Crippen molar-refractivity contribution in [3.63, 3.8) is 0 Å². The van der Waals surface area contributed by atoms with Gasteiger partial charge in [0.15, 0.2) is 0 Å². The van der Waals surface area contributed by atoms with Gasteiger partial charge in [-0.25, -0.2) is 0 Å². The minimum absolute atomic E-state index is 0.0221. The van der Waals surface area contributed by atoms with E-state index in [9.17, 15) is 4.79 Å². The molecule has 0 aliphatic rings. The molecule has 3 atom stereocenters. The van der Waals surface area contributed by atoms with Crippen molar-refractivity contribution in [3.8, 4) is 0 Å². The molecule has 0 aromatic rings. The molecule has 3 heteroatoms. The summed E-state index contributed by atoms with van der Waals surface area (Å²) in [6, 6.07) is 0. The third-order valence-corrected chi connectivity index (χ3v) is 3.30. The molecular weight excluding hydrogens is 202 g/mol. The molecule has 3 N–H and O–H groups in total. The van der Waals surface area contributed by atoms with Crippen LogP contribution in [0.4, 0.5) is 0 Å². The third-order valence-electron chi connectivity index (χ3n) is 3.30. The van der Waals surface area contributed by atoms with Crippen molar-refractivity contribution in [2.45, 2.75) is 52.9 Å². The SMILES string of the molecule is CCCCCC(C)CC(C(N)=O)C(C)CO. The van der Waals surface area contributed by atoms with Crippen LogP contribution in [0.25, 0.3) is 0 Å². The van der Waals surface area contributed by atoms with Crippen LogP contribution in [0.2, 0.25) is 0 Å². The first-order valence-electron chi connectivity index (χ1n) is 6.43. The summed E-state index contributed by atoms with van der Waals surface area (Å²) >= 11 is 0. The summed E-state index contributed by atoms with van der Waals surface area (Å²) in [5.41, 5.74) is 5.37. The second-order valence-corrected chi connectivity index (χ2v) is 5.01. The number of aliphatic hydroxyl groups is 1. The highest BCUT2D eigenvalue weighted by Crippen LogP contribution is 2.23. The van der Waals surface area contributed by atoms with E-state index in [0.29, 0.717) is 5.92 Å². The molecule has 96 valence electrons. The zero-order valence-electron chi connectivity index (χ0n) is 10.9. The lowest BCUT2D eigenvalue weighted by atomic mass is 9.84. The van der Waals surface area contributed by atoms with Crippen LogP contribution in [0.15, 0.2) is 0 Å². The maximum absolute atomic E-state index is 11.3. The molecule has 0 aromatic carbocycles. The lowest BCUT2D eigenvalue weighted by Gasteiger charge is -2.22. The van der Waals surface area contributed by atoms with Crippen LogP contribution < -0.4 is 5.73 Å². The van der Waals surface area contributed by atoms with Gasteiger partial charge in [0.25, 0.3) is 0 Å². The van der Waals surface area contributed by atoms with Crippen molar-refractivity contribution in [1.29, 1.82) is 0 Å². The minimum Gasteiger partial charge on any atom is -0.396 e. The molecule has 0 rings (SSSR count). The molecule has 0 saturated carbocycles. The Kier molecular flexibility index (Phi) is 8.26. The zero-order chi connectivity index (χ0) is 12.6. The topological polar surface area (TPSA) is 63.3 Å². The Balaban J connectivity index is 4.03. The van der Waals surface area contributed by atoms with Crippen molar-refractivity contribution >= 4 is 5.91 Å². The Morgan fingerprint density at radius 2 is 1.94 bits per heavy atom. The molecular formula is C13H27NO2. The van der Waals surface area contributed by atoms with E-state index in [1.807, 2.05) is 6.92 Å². The van der Waals surface area contributed by atoms with E-state index >= 15 is 0 Å². The Bertz CT molecular complexity index is 194. The fourth-order valence-electron chi connectivity index (χ4n) is 2.05. The number of nitrogens with two attached hydrogens (primary N) is 1. The fourth-order valence-corrected chi connectivity index (χ4v) is 2.05. The first-order chi connectivity index (χ1) is 7.52. The molecule has 16 heavy (non-hydrogen) atoms. The quantitative estimate of drug-likeness (QED) is 0.596. The van der Waals surface area contributed by atoms with Crippen molar-refractivity contribution in [2.75, 3.05) is 6.61 Å². The maximum Gasteiger partial charge on any atom is 0.220 e. The number of rotatable bonds is 9. The van der Waals surface area contributed by atoms with Gasteiger partial charge in [-0.1, -0.05) is 46.5 Å². The second-order valence-electron chi connectivity index (χ2n) is 5.01. The summed E-state index contributed by atoms with van der Waals surface area (Å²) in [5.74, 6) is 0.0368. The average Bonchev–Trinajstić information content (AvgIpc) is 2.25. The first-order valence-corrected chi connectivity index (χ1v) is 6.43. The van der Waals surface area contributed by atoms with Gasteiger partial charge in [0.05, 0.1) is 0 Å². The van der Waals surface area contributed by atoms with Crippen LogP contribution in [-0.2, 0) is 4.79 Å². The van der Waals surface area contributed by atoms with Crippen molar-refractivity contribution in [3.05, 3.63) is 0 Å². The summed E-state index contributed by atoms with van der Waals surface area (Å²) < 4.78 is 0. The molecule has 1 amide bonds. The molecule has 3 unspecified atom stereocenters. The Labute approximate surface area is 99.4 Å². The van der Waals surface area contributed by atoms with Crippen LogP contribution in [-0.4, -0.2) is 17.6 Å². The zero-order valence-corrected chi connectivity index (χ0v) is 10.9. The largest absolute Gasteiger partial charge is 0.396 e. The standard InChI is InChI=1S/C13H27NO2/c1-4-5-6-7-10(2)8-12(13(14)16)11(3)9-15/h10-12,15H,4-9H2,1-3H3,(H2,14,16). The first kappa shape index (κ1) is 15.4. The number of primary amides is 1. The van der Waals surface area contributed by atoms with E-state index in [1.54, 1.807) is 0 Å². The van der Waals surface area contributed by atoms with Crippen molar-refractivity contribution in [1.82, 2.24) is 0 Å². The average molecular weight is 229 g/mol. The molecule has 0 aliphatic carbocycles. The summed E-state index contributed by atoms with van der Waals surface area (Å²) in [6.45, 7) is 6.27. The monoisotopic (exact) mass is 229 g/mol. The summed E-state index contributed by atoms with van der Waals surface area (Å²) in [7, 11) is 0. The van der Waals surface area contributed by atoms with Gasteiger partial charge in [-0.05, 0) is 18.3 Å². The molecule has 0 radical (unpaired) electrons. The highest BCUT2D eigenvalue weighted by molar-refractivity contribution is 5.76. The van der Waals surface area contributed by atoms with E-state index in [4.69, 9.17) is 10.8 Å². The van der Waals surface area contributed by atoms with Crippen LogP contribution in [0.5, 0.6) is 0 Å². The van der Waals surface area contributed by atoms with Gasteiger partial charge >= 0.3 is 0 Å². The number of unbranched alkanes of at least 4 members (excludes halogenated alkanes) is 2. The highest BCUT2D eigenvalue weighted by Gasteiger charge is 2.24. The summed E-state index contributed by atoms with van der Waals surface area (Å²) in [6.07, 6.45) is 5.65. The van der Waals surface area contributed by atoms with E-state index in [1.165, 1.54) is 19.3 Å². The fraction of sp³-hybridized carbons (Fsp3) is 0.923. The predicted molar refractivity (Wildman–Crippen MR) is 66.9 cm³/mol. The minimum atomic E-state index is -0.274. The highest BCUT2D eigenvalue weighted by atomic mass is 16.3. The molecule has 0 saturated heterocycles. The Hall–Kier alpha value is -0.570. The smallest absolute Gasteiger partial charge is 0.220 e. The number of hydrogen-bond acceptors (Lipinski definition) is 2. The summed E-state index contributed by atoms with van der Waals surface area (Å²) in [4.78, 5) is 11.3. The van der Waals surface area contributed by atoms with E-state index in [2.05, 4.69) is 13.8 Å². The number of hydrogen-bond donors (Lipinski definition) is 2. The molecule has 0 fully saturated rings. The number of aliphatic hydroxyl groups excluding tert-OH is 1. The molecule has 0 aliphatic heterocycles. The molecule has 0 spiro atoms. The van der Waals surface area contributed by atoms with Crippen molar-refractivity contribution in [2.24, 2.45) is 23.5 Å². The Morgan fingerprint density at radius 3 is 2.38 bits per heavy atom. The summed E-state index contributed by atoms with van der Waals surface area (Å²) in [5, 5.41) is 9.07. The van der Waals surface area contributed by atoms with E-state index in [-0.39, 0.29) is 24.3 Å². The Morgan fingerprint density at radius 1 is 1.31 bits per heavy atom. The second kappa shape index (κ2) is 8.57. The molecule has 0 heterocycles. The predicted octanol–water partition coefficient (Wildman–Crippen LogP) is 2.32. The number of amides is 1. The maximum atomic E-state index is 11.3. The van der Waals surface area contributed by atoms with E-state index in [0.717, 1.165) is 12.8 Å². The van der Waals surface area contributed by atoms with Crippen LogP contribution in [0, 0.1) is 17.8 Å². The van der Waals surface area contributed by atoms with E-state index < -0.39 is 0 Å². The lowest BCUT2D eigenvalue weighted by Crippen LogP contribution is -2.31. The molecule has 0 aromatic heterocycles. The molecule has 3 nitrogen and oxygen atoms in total. The number of carbonyl (C=O) groups excluding carboxylic acids is 1. The van der Waals surface area contributed by atoms with Gasteiger partial charge < -0.3 is 10.8 Å². The van der Waals surface area contributed by atoms with Crippen LogP contribution in [0.1, 0.15) is 52.9 Å².